The van der Waals surface area contributed by atoms with Gasteiger partial charge in [-0.25, -0.2) is 0 Å². The summed E-state index contributed by atoms with van der Waals surface area (Å²) in [5.41, 5.74) is 2.65. The molecule has 6 heteroatoms. The summed E-state index contributed by atoms with van der Waals surface area (Å²) in [6, 6.07) is 0. The highest BCUT2D eigenvalue weighted by atomic mass is 19.4. The van der Waals surface area contributed by atoms with Crippen LogP contribution >= 0.6 is 0 Å². The number of fused-ring (bicyclic) bond motifs is 1. The second-order valence-corrected chi connectivity index (χ2v) is 5.84. The van der Waals surface area contributed by atoms with E-state index in [-0.39, 0.29) is 18.4 Å². The molecule has 22 heavy (non-hydrogen) atoms. The molecule has 1 N–H and O–H groups in total. The molecule has 1 amide bonds. The number of rotatable bonds is 5. The number of carbonyl (C=O) groups excluding carboxylic acids is 1. The molecule has 0 aromatic heterocycles. The van der Waals surface area contributed by atoms with Gasteiger partial charge in [0.05, 0.1) is 6.42 Å². The minimum atomic E-state index is -4.10. The molecule has 0 aromatic rings. The van der Waals surface area contributed by atoms with Crippen molar-refractivity contribution in [2.45, 2.75) is 12.6 Å². The zero-order chi connectivity index (χ0) is 15.7. The van der Waals surface area contributed by atoms with Crippen LogP contribution in [0.5, 0.6) is 0 Å². The molecule has 0 saturated carbocycles. The van der Waals surface area contributed by atoms with E-state index in [9.17, 15) is 18.0 Å². The normalized spacial score (nSPS) is 21.1. The maximum atomic E-state index is 12.1. The summed E-state index contributed by atoms with van der Waals surface area (Å²) < 4.78 is 36.3. The van der Waals surface area contributed by atoms with Crippen LogP contribution in [0.25, 0.3) is 0 Å². The van der Waals surface area contributed by atoms with Crippen molar-refractivity contribution < 1.29 is 18.0 Å². The lowest BCUT2D eigenvalue weighted by Crippen LogP contribution is -2.52. The van der Waals surface area contributed by atoms with Crippen molar-refractivity contribution in [1.82, 2.24) is 10.2 Å². The molecule has 0 unspecified atom stereocenters. The summed E-state index contributed by atoms with van der Waals surface area (Å²) in [5.74, 6) is 0.122. The average molecular weight is 310 g/mol. The number of nitrogens with zero attached hydrogens (tertiary/aromatic N) is 1. The lowest BCUT2D eigenvalue weighted by molar-refractivity contribution is -0.141. The Kier molecular flexibility index (Phi) is 3.95. The molecule has 0 spiro atoms. The molecule has 3 nitrogen and oxygen atoms in total. The molecule has 1 fully saturated rings. The second kappa shape index (κ2) is 5.76. The Morgan fingerprint density at radius 2 is 2.05 bits per heavy atom. The third-order valence-electron chi connectivity index (χ3n) is 4.11. The molecular weight excluding hydrogens is 293 g/mol. The molecule has 118 valence electrons. The predicted molar refractivity (Wildman–Crippen MR) is 77.0 cm³/mol. The number of hydrogen-bond donors (Lipinski definition) is 1. The molecular formula is C16H17F3N2O. The number of hydrogen-bond acceptors (Lipinski definition) is 2. The highest BCUT2D eigenvalue weighted by Crippen LogP contribution is 2.30. The third-order valence-corrected chi connectivity index (χ3v) is 4.11. The Hall–Kier alpha value is -1.82. The summed E-state index contributed by atoms with van der Waals surface area (Å²) in [7, 11) is 0. The maximum Gasteiger partial charge on any atom is 0.390 e. The van der Waals surface area contributed by atoms with Gasteiger partial charge in [0.15, 0.2) is 0 Å². The minimum absolute atomic E-state index is 0.0466. The van der Waals surface area contributed by atoms with Gasteiger partial charge in [-0.2, -0.15) is 13.2 Å². The van der Waals surface area contributed by atoms with Crippen molar-refractivity contribution in [3.8, 4) is 0 Å². The Morgan fingerprint density at radius 3 is 2.77 bits per heavy atom. The van der Waals surface area contributed by atoms with Crippen molar-refractivity contribution in [2.75, 3.05) is 26.2 Å². The molecule has 3 aliphatic rings. The van der Waals surface area contributed by atoms with Crippen LogP contribution in [0.4, 0.5) is 13.2 Å². The molecule has 0 bridgehead atoms. The van der Waals surface area contributed by atoms with Crippen molar-refractivity contribution in [1.29, 1.82) is 0 Å². The van der Waals surface area contributed by atoms with E-state index in [2.05, 4.69) is 5.32 Å². The van der Waals surface area contributed by atoms with E-state index in [0.717, 1.165) is 11.1 Å². The van der Waals surface area contributed by atoms with Crippen molar-refractivity contribution in [2.24, 2.45) is 5.92 Å². The standard InChI is InChI=1S/C16H17F3N2O/c17-16(18,19)6-7-21-9-11(10-21)8-20-15(22)14-5-4-12-2-1-3-13(12)14/h1-5,11H,6-10H2,(H,20,22). The summed E-state index contributed by atoms with van der Waals surface area (Å²) >= 11 is 0. The van der Waals surface area contributed by atoms with Gasteiger partial charge in [-0.05, 0) is 17.2 Å². The zero-order valence-electron chi connectivity index (χ0n) is 12.0. The first-order chi connectivity index (χ1) is 10.4. The summed E-state index contributed by atoms with van der Waals surface area (Å²) in [5, 5.41) is 2.87. The SMILES string of the molecule is O=C(NCC1CN(CCC(F)(F)F)C1)C1=C2C=CC=C2C=C1. The van der Waals surface area contributed by atoms with E-state index in [4.69, 9.17) is 0 Å². The molecule has 0 aromatic carbocycles. The molecule has 3 rings (SSSR count). The average Bonchev–Trinajstić information content (AvgIpc) is 2.96. The number of carbonyl (C=O) groups is 1. The lowest BCUT2D eigenvalue weighted by atomic mass is 9.99. The fourth-order valence-electron chi connectivity index (χ4n) is 2.89. The van der Waals surface area contributed by atoms with Gasteiger partial charge in [-0.15, -0.1) is 0 Å². The summed E-state index contributed by atoms with van der Waals surface area (Å²) in [6.45, 7) is 1.78. The van der Waals surface area contributed by atoms with Gasteiger partial charge >= 0.3 is 6.18 Å². The largest absolute Gasteiger partial charge is 0.390 e. The molecule has 0 atom stereocenters. The van der Waals surface area contributed by atoms with Crippen molar-refractivity contribution in [3.05, 3.63) is 47.1 Å². The van der Waals surface area contributed by atoms with E-state index in [1.807, 2.05) is 24.3 Å². The molecule has 0 radical (unpaired) electrons. The molecule has 1 saturated heterocycles. The quantitative estimate of drug-likeness (QED) is 0.845. The highest BCUT2D eigenvalue weighted by molar-refractivity contribution is 6.00. The van der Waals surface area contributed by atoms with E-state index >= 15 is 0 Å². The Morgan fingerprint density at radius 1 is 1.27 bits per heavy atom. The first-order valence-electron chi connectivity index (χ1n) is 7.31. The zero-order valence-corrected chi connectivity index (χ0v) is 12.0. The van der Waals surface area contributed by atoms with Gasteiger partial charge < -0.3 is 10.2 Å². The Bertz CT molecular complexity index is 593. The van der Waals surface area contributed by atoms with Crippen LogP contribution in [-0.2, 0) is 4.79 Å². The second-order valence-electron chi connectivity index (χ2n) is 5.84. The summed E-state index contributed by atoms with van der Waals surface area (Å²) in [4.78, 5) is 13.9. The van der Waals surface area contributed by atoms with Crippen LogP contribution in [0, 0.1) is 5.92 Å². The lowest BCUT2D eigenvalue weighted by Gasteiger charge is -2.39. The van der Waals surface area contributed by atoms with Crippen LogP contribution in [-0.4, -0.2) is 43.2 Å². The van der Waals surface area contributed by atoms with Crippen LogP contribution in [0.2, 0.25) is 0 Å². The Balaban J connectivity index is 1.39. The number of amides is 1. The van der Waals surface area contributed by atoms with Gasteiger partial charge in [0, 0.05) is 37.7 Å². The van der Waals surface area contributed by atoms with E-state index in [0.29, 0.717) is 25.2 Å². The first-order valence-corrected chi connectivity index (χ1v) is 7.31. The van der Waals surface area contributed by atoms with Crippen molar-refractivity contribution in [3.63, 3.8) is 0 Å². The van der Waals surface area contributed by atoms with Crippen LogP contribution in [0.1, 0.15) is 6.42 Å². The van der Waals surface area contributed by atoms with Crippen molar-refractivity contribution >= 4 is 5.91 Å². The predicted octanol–water partition coefficient (Wildman–Crippen LogP) is 2.35. The molecule has 2 aliphatic carbocycles. The molecule has 1 heterocycles. The Labute approximate surface area is 126 Å². The van der Waals surface area contributed by atoms with Gasteiger partial charge in [0.1, 0.15) is 0 Å². The fourth-order valence-corrected chi connectivity index (χ4v) is 2.89. The third kappa shape index (κ3) is 3.32. The van der Waals surface area contributed by atoms with Crippen LogP contribution in [0.3, 0.4) is 0 Å². The maximum absolute atomic E-state index is 12.1. The number of allylic oxidation sites excluding steroid dienone is 6. The van der Waals surface area contributed by atoms with E-state index in [1.54, 1.807) is 11.0 Å². The highest BCUT2D eigenvalue weighted by Gasteiger charge is 2.32. The molecule has 1 aliphatic heterocycles. The number of halogens is 3. The van der Waals surface area contributed by atoms with Gasteiger partial charge in [0.25, 0.3) is 5.91 Å². The number of likely N-dealkylation sites (tertiary alicyclic amines) is 1. The van der Waals surface area contributed by atoms with Gasteiger partial charge in [0.2, 0.25) is 0 Å². The van der Waals surface area contributed by atoms with Gasteiger partial charge in [-0.1, -0.05) is 24.3 Å². The van der Waals surface area contributed by atoms with Gasteiger partial charge in [-0.3, -0.25) is 4.79 Å². The monoisotopic (exact) mass is 310 g/mol. The topological polar surface area (TPSA) is 32.3 Å². The van der Waals surface area contributed by atoms with E-state index in [1.165, 1.54) is 0 Å². The van der Waals surface area contributed by atoms with E-state index < -0.39 is 12.6 Å². The number of alkyl halides is 3. The number of nitrogens with one attached hydrogen (secondary N) is 1. The van der Waals surface area contributed by atoms with Crippen LogP contribution < -0.4 is 5.32 Å². The first kappa shape index (κ1) is 15.1. The smallest absolute Gasteiger partial charge is 0.352 e. The fraction of sp³-hybridized carbons (Fsp3) is 0.438. The van der Waals surface area contributed by atoms with Crippen LogP contribution in [0.15, 0.2) is 47.1 Å². The summed E-state index contributed by atoms with van der Waals surface area (Å²) in [6.07, 6.45) is 4.62. The minimum Gasteiger partial charge on any atom is -0.352 e.